The van der Waals surface area contributed by atoms with E-state index in [1.165, 1.54) is 28.8 Å². The Hall–Kier alpha value is -2.92. The number of ether oxygens (including phenoxy) is 1. The average molecular weight is 371 g/mol. The van der Waals surface area contributed by atoms with Crippen molar-refractivity contribution in [1.29, 1.82) is 5.26 Å². The molecule has 2 aliphatic rings. The number of fused-ring (bicyclic) bond motifs is 1. The molecule has 7 nitrogen and oxygen atoms in total. The quantitative estimate of drug-likeness (QED) is 0.780. The number of carbonyl (C=O) groups is 2. The zero-order chi connectivity index (χ0) is 19.0. The number of rotatable bonds is 3. The molecule has 1 fully saturated rings. The van der Waals surface area contributed by atoms with Gasteiger partial charge < -0.3 is 15.6 Å². The number of phenolic OH excluding ortho intramolecular Hbond substituents is 1. The molecule has 0 aromatic heterocycles. The molecule has 1 saturated heterocycles. The third-order valence-corrected chi connectivity index (χ3v) is 5.41. The zero-order valence-electron chi connectivity index (χ0n) is 14.2. The first-order valence-electron chi connectivity index (χ1n) is 8.01. The smallest absolute Gasteiger partial charge is 0.337 e. The van der Waals surface area contributed by atoms with Crippen molar-refractivity contribution in [3.05, 3.63) is 51.8 Å². The molecule has 2 atom stereocenters. The minimum absolute atomic E-state index is 0.0236. The Bertz CT molecular complexity index is 883. The summed E-state index contributed by atoms with van der Waals surface area (Å²) in [5, 5.41) is 19.2. The number of nitriles is 1. The fourth-order valence-electron chi connectivity index (χ4n) is 3.04. The minimum Gasteiger partial charge on any atom is -0.508 e. The van der Waals surface area contributed by atoms with E-state index in [9.17, 15) is 20.0 Å². The lowest BCUT2D eigenvalue weighted by Gasteiger charge is -2.31. The number of allylic oxidation sites excluding steroid dienone is 1. The van der Waals surface area contributed by atoms with Gasteiger partial charge in [-0.05, 0) is 31.5 Å². The van der Waals surface area contributed by atoms with Crippen LogP contribution in [0.15, 0.2) is 46.3 Å². The number of aromatic hydroxyl groups is 1. The number of benzene rings is 1. The number of phenols is 1. The van der Waals surface area contributed by atoms with Crippen LogP contribution in [0.2, 0.25) is 0 Å². The molecule has 26 heavy (non-hydrogen) atoms. The Morgan fingerprint density at radius 3 is 2.65 bits per heavy atom. The Morgan fingerprint density at radius 1 is 1.42 bits per heavy atom. The SMILES string of the molecule is CCOC(=O)C1=C2SC(C)C(=O)N2C(N)=C(C#N)C1c1ccc(O)cc1. The lowest BCUT2D eigenvalue weighted by Crippen LogP contribution is -2.38. The number of hydrogen-bond acceptors (Lipinski definition) is 7. The molecule has 134 valence electrons. The third-order valence-electron chi connectivity index (χ3n) is 4.23. The molecule has 1 amide bonds. The monoisotopic (exact) mass is 371 g/mol. The van der Waals surface area contributed by atoms with Crippen molar-refractivity contribution in [2.75, 3.05) is 6.61 Å². The van der Waals surface area contributed by atoms with E-state index in [2.05, 4.69) is 0 Å². The molecular formula is C18H17N3O4S. The van der Waals surface area contributed by atoms with E-state index in [1.54, 1.807) is 26.0 Å². The standard InChI is InChI=1S/C18H17N3O4S/c1-3-25-18(24)14-13(10-4-6-11(22)7-5-10)12(8-19)15(20)21-16(23)9(2)26-17(14)21/h4-7,9,13,22H,3,20H2,1-2H3. The van der Waals surface area contributed by atoms with Crippen LogP contribution >= 0.6 is 11.8 Å². The second-order valence-corrected chi connectivity index (χ2v) is 7.14. The van der Waals surface area contributed by atoms with Gasteiger partial charge in [-0.15, -0.1) is 0 Å². The topological polar surface area (TPSA) is 117 Å². The van der Waals surface area contributed by atoms with Gasteiger partial charge in [-0.1, -0.05) is 23.9 Å². The second kappa shape index (κ2) is 6.77. The molecule has 0 saturated carbocycles. The van der Waals surface area contributed by atoms with Crippen LogP contribution in [0.5, 0.6) is 5.75 Å². The van der Waals surface area contributed by atoms with Gasteiger partial charge >= 0.3 is 5.97 Å². The highest BCUT2D eigenvalue weighted by atomic mass is 32.2. The van der Waals surface area contributed by atoms with Gasteiger partial charge in [0.25, 0.3) is 0 Å². The zero-order valence-corrected chi connectivity index (χ0v) is 15.0. The van der Waals surface area contributed by atoms with Crippen molar-refractivity contribution < 1.29 is 19.4 Å². The van der Waals surface area contributed by atoms with Gasteiger partial charge in [0.2, 0.25) is 5.91 Å². The Kier molecular flexibility index (Phi) is 4.66. The van der Waals surface area contributed by atoms with Crippen molar-refractivity contribution in [1.82, 2.24) is 4.90 Å². The van der Waals surface area contributed by atoms with Gasteiger partial charge in [0.15, 0.2) is 0 Å². The largest absolute Gasteiger partial charge is 0.508 e. The summed E-state index contributed by atoms with van der Waals surface area (Å²) in [6.07, 6.45) is 0. The van der Waals surface area contributed by atoms with E-state index in [-0.39, 0.29) is 35.2 Å². The Labute approximate surface area is 154 Å². The highest BCUT2D eigenvalue weighted by Gasteiger charge is 2.47. The second-order valence-electron chi connectivity index (χ2n) is 5.81. The van der Waals surface area contributed by atoms with Gasteiger partial charge in [-0.2, -0.15) is 5.26 Å². The summed E-state index contributed by atoms with van der Waals surface area (Å²) in [6, 6.07) is 8.21. The van der Waals surface area contributed by atoms with E-state index >= 15 is 0 Å². The minimum atomic E-state index is -0.767. The fourth-order valence-corrected chi connectivity index (χ4v) is 4.20. The molecule has 0 spiro atoms. The van der Waals surface area contributed by atoms with E-state index in [0.29, 0.717) is 10.6 Å². The summed E-state index contributed by atoms with van der Waals surface area (Å²) < 4.78 is 5.19. The number of nitrogens with two attached hydrogens (primary N) is 1. The van der Waals surface area contributed by atoms with Gasteiger partial charge in [0.05, 0.1) is 40.0 Å². The Balaban J connectivity index is 2.26. The number of amides is 1. The van der Waals surface area contributed by atoms with E-state index in [0.717, 1.165) is 0 Å². The number of nitrogens with zero attached hydrogens (tertiary/aromatic N) is 2. The van der Waals surface area contributed by atoms with Crippen LogP contribution < -0.4 is 5.73 Å². The number of hydrogen-bond donors (Lipinski definition) is 2. The first-order valence-corrected chi connectivity index (χ1v) is 8.89. The molecule has 2 aliphatic heterocycles. The maximum absolute atomic E-state index is 12.7. The van der Waals surface area contributed by atoms with Crippen LogP contribution in [0.25, 0.3) is 0 Å². The summed E-state index contributed by atoms with van der Waals surface area (Å²) in [5.74, 6) is -1.56. The fraction of sp³-hybridized carbons (Fsp3) is 0.278. The van der Waals surface area contributed by atoms with Crippen LogP contribution in [-0.4, -0.2) is 33.7 Å². The van der Waals surface area contributed by atoms with E-state index in [4.69, 9.17) is 10.5 Å². The molecule has 3 rings (SSSR count). The highest BCUT2D eigenvalue weighted by molar-refractivity contribution is 8.04. The van der Waals surface area contributed by atoms with Crippen LogP contribution in [0.1, 0.15) is 25.3 Å². The van der Waals surface area contributed by atoms with E-state index in [1.807, 2.05) is 6.07 Å². The summed E-state index contributed by atoms with van der Waals surface area (Å²) >= 11 is 1.22. The lowest BCUT2D eigenvalue weighted by molar-refractivity contribution is -0.138. The molecule has 8 heteroatoms. The molecule has 3 N–H and O–H groups in total. The van der Waals surface area contributed by atoms with Crippen molar-refractivity contribution in [2.24, 2.45) is 5.73 Å². The van der Waals surface area contributed by atoms with Crippen LogP contribution in [-0.2, 0) is 14.3 Å². The predicted octanol–water partition coefficient (Wildman–Crippen LogP) is 1.92. The summed E-state index contributed by atoms with van der Waals surface area (Å²) in [5.41, 5.74) is 7.05. The lowest BCUT2D eigenvalue weighted by atomic mass is 9.83. The van der Waals surface area contributed by atoms with Crippen molar-refractivity contribution in [3.8, 4) is 11.8 Å². The molecular weight excluding hydrogens is 354 g/mol. The Morgan fingerprint density at radius 2 is 2.08 bits per heavy atom. The molecule has 1 aromatic carbocycles. The first-order chi connectivity index (χ1) is 12.4. The van der Waals surface area contributed by atoms with E-state index < -0.39 is 17.1 Å². The van der Waals surface area contributed by atoms with Gasteiger partial charge in [-0.3, -0.25) is 9.69 Å². The van der Waals surface area contributed by atoms with Gasteiger partial charge in [0, 0.05) is 0 Å². The third kappa shape index (κ3) is 2.70. The first kappa shape index (κ1) is 17.9. The predicted molar refractivity (Wildman–Crippen MR) is 95.2 cm³/mol. The van der Waals surface area contributed by atoms with Crippen molar-refractivity contribution in [2.45, 2.75) is 25.0 Å². The molecule has 0 radical (unpaired) electrons. The normalized spacial score (nSPS) is 22.3. The number of thioether (sulfide) groups is 1. The molecule has 0 bridgehead atoms. The van der Waals surface area contributed by atoms with Crippen LogP contribution in [0.3, 0.4) is 0 Å². The molecule has 2 heterocycles. The summed E-state index contributed by atoms with van der Waals surface area (Å²) in [7, 11) is 0. The summed E-state index contributed by atoms with van der Waals surface area (Å²) in [6.45, 7) is 3.56. The molecule has 2 unspecified atom stereocenters. The highest BCUT2D eigenvalue weighted by Crippen LogP contribution is 2.49. The van der Waals surface area contributed by atoms with Crippen LogP contribution in [0, 0.1) is 11.3 Å². The van der Waals surface area contributed by atoms with Crippen molar-refractivity contribution in [3.63, 3.8) is 0 Å². The van der Waals surface area contributed by atoms with Crippen molar-refractivity contribution >= 4 is 23.6 Å². The maximum atomic E-state index is 12.7. The van der Waals surface area contributed by atoms with Crippen LogP contribution in [0.4, 0.5) is 0 Å². The molecule has 0 aliphatic carbocycles. The number of carbonyl (C=O) groups excluding carboxylic acids is 2. The summed E-state index contributed by atoms with van der Waals surface area (Å²) in [4.78, 5) is 26.4. The average Bonchev–Trinajstić information content (AvgIpc) is 2.90. The van der Waals surface area contributed by atoms with Gasteiger partial charge in [0.1, 0.15) is 11.6 Å². The maximum Gasteiger partial charge on any atom is 0.337 e. The number of esters is 1. The van der Waals surface area contributed by atoms with Gasteiger partial charge in [-0.25, -0.2) is 4.79 Å². The molecule has 1 aromatic rings.